The SMILES string of the molecule is CC1C=C(C2C3CC4CC(C3)CC2C4)C=C1c1c2c(cc(C(C)(C)C)c1=C(c1ccccc1)c1ccccc1)=c1cc(C(C)(C)C)ccc1=[C]2[Zr+2].[Cl-].[Cl-]. The fourth-order valence-electron chi connectivity index (χ4n) is 11.3. The van der Waals surface area contributed by atoms with Gasteiger partial charge in [0.1, 0.15) is 0 Å². The van der Waals surface area contributed by atoms with E-state index < -0.39 is 0 Å². The minimum atomic E-state index is -0.0697. The smallest absolute Gasteiger partial charge is 1.00 e. The quantitative estimate of drug-likeness (QED) is 0.276. The standard InChI is InChI=1S/C50H53.2ClH.Zr/c1-30-20-36(45-37-22-31-21-32(24-37)25-38(45)23-31)27-40(30)47-43-26-35-18-19-39(49(2,3)4)28-41(35)42(43)29-44(50(5,6)7)48(47)46(33-14-10-8-11-15-33)34-16-12-9-13-17-34;;;/h8-20,27-32,37-38,45H,21-25H2,1-7H3;2*1H;/q;;;+2/p-2. The second-order valence-corrected chi connectivity index (χ2v) is 20.1. The van der Waals surface area contributed by atoms with Gasteiger partial charge in [-0.2, -0.15) is 0 Å². The van der Waals surface area contributed by atoms with E-state index in [1.54, 1.807) is 11.1 Å². The largest absolute Gasteiger partial charge is 1.00 e. The number of hydrogen-bond donors (Lipinski definition) is 0. The Balaban J connectivity index is 0.00000218. The molecular weight excluding hydrogens is 763 g/mol. The molecule has 3 heteroatoms. The first-order valence-corrected chi connectivity index (χ1v) is 21.0. The first-order chi connectivity index (χ1) is 24.4. The molecule has 6 aliphatic carbocycles. The zero-order valence-electron chi connectivity index (χ0n) is 32.5. The maximum Gasteiger partial charge on any atom is -1.00 e. The molecule has 53 heavy (non-hydrogen) atoms. The van der Waals surface area contributed by atoms with Crippen molar-refractivity contribution in [3.05, 3.63) is 157 Å². The molecule has 0 spiro atoms. The maximum atomic E-state index is 2.74. The minimum Gasteiger partial charge on any atom is -1.00 e. The molecular formula is C50H53Cl2Zr. The molecule has 0 heterocycles. The number of benzene rings is 4. The van der Waals surface area contributed by atoms with Crippen LogP contribution >= 0.6 is 0 Å². The molecule has 4 saturated carbocycles. The van der Waals surface area contributed by atoms with Gasteiger partial charge in [0, 0.05) is 0 Å². The van der Waals surface area contributed by atoms with Crippen molar-refractivity contribution in [2.75, 3.05) is 0 Å². The van der Waals surface area contributed by atoms with E-state index >= 15 is 0 Å². The third kappa shape index (κ3) is 6.58. The van der Waals surface area contributed by atoms with Crippen molar-refractivity contribution >= 4 is 14.4 Å². The Bertz CT molecular complexity index is 2280. The van der Waals surface area contributed by atoms with Crippen molar-refractivity contribution in [1.82, 2.24) is 0 Å². The van der Waals surface area contributed by atoms with Crippen LogP contribution < -0.4 is 35.3 Å². The number of allylic oxidation sites excluding steroid dienone is 4. The van der Waals surface area contributed by atoms with Crippen molar-refractivity contribution < 1.29 is 49.5 Å². The summed E-state index contributed by atoms with van der Waals surface area (Å²) >= 11 is 1.49. The Morgan fingerprint density at radius 2 is 1.19 bits per heavy atom. The van der Waals surface area contributed by atoms with E-state index in [0.29, 0.717) is 5.92 Å². The number of fused-ring (bicyclic) bond motifs is 2. The summed E-state index contributed by atoms with van der Waals surface area (Å²) in [6.07, 6.45) is 12.8. The fourth-order valence-corrected chi connectivity index (χ4v) is 12.4. The molecule has 4 aromatic rings. The molecule has 271 valence electrons. The van der Waals surface area contributed by atoms with Crippen LogP contribution in [-0.2, 0) is 35.5 Å². The van der Waals surface area contributed by atoms with Crippen LogP contribution in [0, 0.1) is 45.9 Å². The predicted molar refractivity (Wildman–Crippen MR) is 210 cm³/mol. The van der Waals surface area contributed by atoms with Crippen LogP contribution in [0.15, 0.2) is 103 Å². The molecule has 1 unspecified atom stereocenters. The van der Waals surface area contributed by atoms with Gasteiger partial charge < -0.3 is 24.8 Å². The summed E-state index contributed by atoms with van der Waals surface area (Å²) in [6, 6.07) is 32.5. The summed E-state index contributed by atoms with van der Waals surface area (Å²) in [5.41, 5.74) is 13.1. The predicted octanol–water partition coefficient (Wildman–Crippen LogP) is 4.87. The number of rotatable bonds is 4. The Hall–Kier alpha value is -2.44. The Kier molecular flexibility index (Phi) is 10.4. The van der Waals surface area contributed by atoms with Crippen LogP contribution in [0.5, 0.6) is 0 Å². The van der Waals surface area contributed by atoms with E-state index in [9.17, 15) is 0 Å². The van der Waals surface area contributed by atoms with E-state index in [4.69, 9.17) is 0 Å². The fraction of sp³-hybridized carbons (Fsp3) is 0.400. The summed E-state index contributed by atoms with van der Waals surface area (Å²) in [7, 11) is 0. The van der Waals surface area contributed by atoms with Gasteiger partial charge >= 0.3 is 323 Å². The Morgan fingerprint density at radius 1 is 0.623 bits per heavy atom. The monoisotopic (exact) mass is 813 g/mol. The third-order valence-corrected chi connectivity index (χ3v) is 14.6. The summed E-state index contributed by atoms with van der Waals surface area (Å²) in [4.78, 5) is 0. The molecule has 0 saturated heterocycles. The van der Waals surface area contributed by atoms with Crippen molar-refractivity contribution in [2.45, 2.75) is 91.4 Å². The first kappa shape index (κ1) is 38.8. The van der Waals surface area contributed by atoms with Crippen molar-refractivity contribution in [2.24, 2.45) is 35.5 Å². The van der Waals surface area contributed by atoms with Crippen molar-refractivity contribution in [3.63, 3.8) is 0 Å². The minimum absolute atomic E-state index is 0. The molecule has 0 N–H and O–H groups in total. The molecule has 1 atom stereocenters. The molecule has 10 rings (SSSR count). The Labute approximate surface area is 345 Å². The van der Waals surface area contributed by atoms with E-state index in [1.807, 2.05) is 0 Å². The van der Waals surface area contributed by atoms with Gasteiger partial charge in [0.05, 0.1) is 0 Å². The number of halogens is 2. The van der Waals surface area contributed by atoms with Crippen molar-refractivity contribution in [3.8, 4) is 0 Å². The summed E-state index contributed by atoms with van der Waals surface area (Å²) < 4.78 is 1.51. The van der Waals surface area contributed by atoms with Gasteiger partial charge in [-0.25, -0.2) is 0 Å². The molecule has 0 amide bonds. The van der Waals surface area contributed by atoms with E-state index in [1.165, 1.54) is 120 Å². The molecule has 6 aliphatic rings. The summed E-state index contributed by atoms with van der Waals surface area (Å²) in [6.45, 7) is 16.9. The zero-order valence-corrected chi connectivity index (χ0v) is 36.5. The summed E-state index contributed by atoms with van der Waals surface area (Å²) in [5.74, 6) is 4.88. The average molecular weight is 816 g/mol. The molecule has 4 bridgehead atoms. The second-order valence-electron chi connectivity index (χ2n) is 18.9. The molecule has 0 aliphatic heterocycles. The van der Waals surface area contributed by atoms with E-state index in [2.05, 4.69) is 146 Å². The van der Waals surface area contributed by atoms with Gasteiger partial charge in [0.25, 0.3) is 0 Å². The average Bonchev–Trinajstić information content (AvgIpc) is 3.60. The van der Waals surface area contributed by atoms with Gasteiger partial charge in [-0.15, -0.1) is 0 Å². The number of hydrogen-bond acceptors (Lipinski definition) is 0. The van der Waals surface area contributed by atoms with Gasteiger partial charge in [0.2, 0.25) is 0 Å². The van der Waals surface area contributed by atoms with E-state index in [-0.39, 0.29) is 35.6 Å². The van der Waals surface area contributed by atoms with E-state index in [0.717, 1.165) is 29.6 Å². The maximum absolute atomic E-state index is 2.74. The third-order valence-electron chi connectivity index (χ3n) is 13.4. The molecule has 0 radical (unpaired) electrons. The van der Waals surface area contributed by atoms with Crippen LogP contribution in [0.4, 0.5) is 0 Å². The van der Waals surface area contributed by atoms with Crippen LogP contribution in [-0.4, -0.2) is 0 Å². The second kappa shape index (κ2) is 14.3. The molecule has 4 aromatic carbocycles. The zero-order chi connectivity index (χ0) is 35.4. The Morgan fingerprint density at radius 3 is 1.72 bits per heavy atom. The van der Waals surface area contributed by atoms with Crippen molar-refractivity contribution in [1.29, 1.82) is 0 Å². The van der Waals surface area contributed by atoms with Gasteiger partial charge in [-0.1, -0.05) is 0 Å². The van der Waals surface area contributed by atoms with Crippen LogP contribution in [0.2, 0.25) is 0 Å². The summed E-state index contributed by atoms with van der Waals surface area (Å²) in [5, 5.41) is 5.77. The topological polar surface area (TPSA) is 0 Å². The molecule has 0 nitrogen and oxygen atoms in total. The van der Waals surface area contributed by atoms with Crippen LogP contribution in [0.1, 0.15) is 114 Å². The first-order valence-electron chi connectivity index (χ1n) is 19.7. The van der Waals surface area contributed by atoms with Gasteiger partial charge in [-0.3, -0.25) is 0 Å². The van der Waals surface area contributed by atoms with Gasteiger partial charge in [0.15, 0.2) is 0 Å². The normalized spacial score (nSPS) is 25.3. The molecule has 4 fully saturated rings. The van der Waals surface area contributed by atoms with Crippen LogP contribution in [0.3, 0.4) is 0 Å². The van der Waals surface area contributed by atoms with Gasteiger partial charge in [-0.05, 0) is 0 Å². The molecule has 0 aromatic heterocycles. The van der Waals surface area contributed by atoms with Crippen LogP contribution in [0.25, 0.3) is 14.4 Å².